The Morgan fingerprint density at radius 3 is 2.57 bits per heavy atom. The van der Waals surface area contributed by atoms with Crippen LogP contribution in [0.4, 0.5) is 8.78 Å². The van der Waals surface area contributed by atoms with Crippen LogP contribution in [0.25, 0.3) is 0 Å². The highest BCUT2D eigenvalue weighted by Crippen LogP contribution is 2.35. The molecule has 1 aromatic carbocycles. The maximum atomic E-state index is 14.2. The molecule has 0 spiro atoms. The summed E-state index contributed by atoms with van der Waals surface area (Å²) in [7, 11) is 0. The smallest absolute Gasteiger partial charge is 0.130 e. The molecule has 1 saturated heterocycles. The molecule has 0 aliphatic carbocycles. The van der Waals surface area contributed by atoms with Crippen LogP contribution in [0.5, 0.6) is 0 Å². The molecule has 3 atom stereocenters. The van der Waals surface area contributed by atoms with Crippen molar-refractivity contribution < 1.29 is 8.78 Å². The Kier molecular flexibility index (Phi) is 5.96. The van der Waals surface area contributed by atoms with Gasteiger partial charge in [0.05, 0.1) is 4.05 Å². The molecule has 2 nitrogen and oxygen atoms in total. The van der Waals surface area contributed by atoms with Crippen molar-refractivity contribution in [2.24, 2.45) is 0 Å². The summed E-state index contributed by atoms with van der Waals surface area (Å²) in [5.41, 5.74) is 0.607. The number of halogens is 3. The average Bonchev–Trinajstić information content (AvgIpc) is 2.37. The maximum Gasteiger partial charge on any atom is 0.130 e. The van der Waals surface area contributed by atoms with E-state index in [-0.39, 0.29) is 6.04 Å². The minimum absolute atomic E-state index is 0.00231. The fourth-order valence-corrected chi connectivity index (χ4v) is 3.78. The lowest BCUT2D eigenvalue weighted by atomic mass is 9.91. The van der Waals surface area contributed by atoms with E-state index in [0.717, 1.165) is 25.5 Å². The van der Waals surface area contributed by atoms with Crippen LogP contribution in [0.2, 0.25) is 0 Å². The van der Waals surface area contributed by atoms with E-state index >= 15 is 0 Å². The maximum absolute atomic E-state index is 14.2. The van der Waals surface area contributed by atoms with Gasteiger partial charge in [0, 0.05) is 36.3 Å². The summed E-state index contributed by atoms with van der Waals surface area (Å²) in [6.45, 7) is 7.29. The summed E-state index contributed by atoms with van der Waals surface area (Å²) in [6, 6.07) is 4.74. The van der Waals surface area contributed by atoms with E-state index in [1.807, 2.05) is 0 Å². The number of rotatable bonds is 4. The van der Waals surface area contributed by atoms with Gasteiger partial charge in [-0.1, -0.05) is 42.5 Å². The van der Waals surface area contributed by atoms with Crippen LogP contribution in [-0.4, -0.2) is 27.6 Å². The van der Waals surface area contributed by atoms with Gasteiger partial charge in [0.1, 0.15) is 11.6 Å². The van der Waals surface area contributed by atoms with Gasteiger partial charge >= 0.3 is 0 Å². The fourth-order valence-electron chi connectivity index (χ4n) is 3.11. The molecule has 0 aromatic heterocycles. The van der Waals surface area contributed by atoms with Crippen molar-refractivity contribution in [3.63, 3.8) is 0 Å². The topological polar surface area (TPSA) is 15.3 Å². The molecule has 0 saturated carbocycles. The van der Waals surface area contributed by atoms with Gasteiger partial charge in [-0.2, -0.15) is 0 Å². The third kappa shape index (κ3) is 4.36. The van der Waals surface area contributed by atoms with Crippen LogP contribution < -0.4 is 5.32 Å². The van der Waals surface area contributed by atoms with Crippen molar-refractivity contribution in [2.75, 3.05) is 6.54 Å². The molecule has 1 unspecified atom stereocenters. The van der Waals surface area contributed by atoms with Crippen LogP contribution in [0.3, 0.4) is 0 Å². The highest BCUT2D eigenvalue weighted by Gasteiger charge is 2.33. The first-order valence-electron chi connectivity index (χ1n) is 7.49. The van der Waals surface area contributed by atoms with Crippen LogP contribution in [0, 0.1) is 11.6 Å². The number of hydrogen-bond donors (Lipinski definition) is 1. The van der Waals surface area contributed by atoms with Gasteiger partial charge < -0.3 is 5.32 Å². The van der Waals surface area contributed by atoms with Crippen LogP contribution >= 0.6 is 22.6 Å². The molecule has 1 N–H and O–H groups in total. The van der Waals surface area contributed by atoms with Crippen molar-refractivity contribution >= 4 is 22.6 Å². The Morgan fingerprint density at radius 1 is 1.29 bits per heavy atom. The molecule has 0 bridgehead atoms. The Labute approximate surface area is 139 Å². The zero-order valence-corrected chi connectivity index (χ0v) is 14.9. The third-order valence-corrected chi connectivity index (χ3v) is 4.71. The highest BCUT2D eigenvalue weighted by molar-refractivity contribution is 14.1. The first-order valence-corrected chi connectivity index (χ1v) is 8.74. The van der Waals surface area contributed by atoms with E-state index in [1.54, 1.807) is 6.07 Å². The Balaban J connectivity index is 2.25. The normalized spacial score (nSPS) is 25.3. The van der Waals surface area contributed by atoms with Crippen LogP contribution in [0.15, 0.2) is 18.2 Å². The summed E-state index contributed by atoms with van der Waals surface area (Å²) < 4.78 is 27.6. The molecule has 0 amide bonds. The highest BCUT2D eigenvalue weighted by atomic mass is 127. The Morgan fingerprint density at radius 2 is 2.00 bits per heavy atom. The van der Waals surface area contributed by atoms with Crippen LogP contribution in [0.1, 0.15) is 45.2 Å². The number of alkyl halides is 1. The molecule has 0 radical (unpaired) electrons. The number of nitrogens with one attached hydrogen (secondary N) is 1. The van der Waals surface area contributed by atoms with Crippen LogP contribution in [-0.2, 0) is 0 Å². The van der Waals surface area contributed by atoms with Gasteiger partial charge in [-0.25, -0.2) is 8.78 Å². The number of benzene rings is 1. The summed E-state index contributed by atoms with van der Waals surface area (Å²) in [6.07, 6.45) is 1.92. The van der Waals surface area contributed by atoms with Gasteiger partial charge in [0.15, 0.2) is 0 Å². The standard InChI is InChI=1S/C16H23F2IN2/c1-10(2)20-13-6-7-21(11(3)19)16(9-13)14-5-4-12(17)8-15(14)18/h4-5,8,10-11,13,16,20H,6-7,9H2,1-3H3/t11?,13-,16+/m1/s1. The van der Waals surface area contributed by atoms with E-state index in [9.17, 15) is 8.78 Å². The summed E-state index contributed by atoms with van der Waals surface area (Å²) >= 11 is 2.36. The molecule has 1 aromatic rings. The summed E-state index contributed by atoms with van der Waals surface area (Å²) in [5.74, 6) is -0.953. The van der Waals surface area contributed by atoms with E-state index in [1.165, 1.54) is 6.07 Å². The molecule has 1 heterocycles. The van der Waals surface area contributed by atoms with Gasteiger partial charge in [-0.05, 0) is 25.8 Å². The zero-order valence-electron chi connectivity index (χ0n) is 12.7. The molecule has 1 fully saturated rings. The van der Waals surface area contributed by atoms with E-state index in [0.29, 0.717) is 21.7 Å². The van der Waals surface area contributed by atoms with E-state index < -0.39 is 11.6 Å². The summed E-state index contributed by atoms with van der Waals surface area (Å²) in [5, 5.41) is 3.55. The van der Waals surface area contributed by atoms with Gasteiger partial charge in [0.2, 0.25) is 0 Å². The molecule has 5 heteroatoms. The predicted octanol–water partition coefficient (Wildman–Crippen LogP) is 4.25. The average molecular weight is 408 g/mol. The first kappa shape index (κ1) is 17.1. The minimum Gasteiger partial charge on any atom is -0.312 e. The molecule has 1 aliphatic heterocycles. The quantitative estimate of drug-likeness (QED) is 0.455. The lowest BCUT2D eigenvalue weighted by Crippen LogP contribution is -2.47. The SMILES string of the molecule is CC(C)N[C@@H]1CCN(C(C)I)[C@H](c2ccc(F)cc2F)C1. The molecule has 1 aliphatic rings. The third-order valence-electron chi connectivity index (χ3n) is 3.99. The second-order valence-corrected chi connectivity index (χ2v) is 7.84. The Hall–Kier alpha value is -0.270. The second-order valence-electron chi connectivity index (χ2n) is 6.04. The molecular weight excluding hydrogens is 385 g/mol. The second kappa shape index (κ2) is 7.33. The van der Waals surface area contributed by atoms with Crippen molar-refractivity contribution in [3.8, 4) is 0 Å². The lowest BCUT2D eigenvalue weighted by molar-refractivity contribution is 0.119. The van der Waals surface area contributed by atoms with Crippen molar-refractivity contribution in [1.29, 1.82) is 0 Å². The first-order chi connectivity index (χ1) is 9.88. The van der Waals surface area contributed by atoms with E-state index in [4.69, 9.17) is 0 Å². The fraction of sp³-hybridized carbons (Fsp3) is 0.625. The van der Waals surface area contributed by atoms with Gasteiger partial charge in [-0.3, -0.25) is 4.90 Å². The van der Waals surface area contributed by atoms with Crippen molar-refractivity contribution in [1.82, 2.24) is 10.2 Å². The molecule has 2 rings (SSSR count). The zero-order chi connectivity index (χ0) is 15.6. The number of hydrogen-bond acceptors (Lipinski definition) is 2. The molecule has 21 heavy (non-hydrogen) atoms. The monoisotopic (exact) mass is 408 g/mol. The summed E-state index contributed by atoms with van der Waals surface area (Å²) in [4.78, 5) is 2.30. The number of likely N-dealkylation sites (tertiary alicyclic amines) is 1. The van der Waals surface area contributed by atoms with Gasteiger partial charge in [-0.15, -0.1) is 0 Å². The Bertz CT molecular complexity index is 479. The number of piperidine rings is 1. The lowest BCUT2D eigenvalue weighted by Gasteiger charge is -2.42. The van der Waals surface area contributed by atoms with Crippen molar-refractivity contribution in [2.45, 2.75) is 55.8 Å². The van der Waals surface area contributed by atoms with E-state index in [2.05, 4.69) is 53.6 Å². The predicted molar refractivity (Wildman–Crippen MR) is 90.6 cm³/mol. The molecule has 118 valence electrons. The minimum atomic E-state index is -0.516. The van der Waals surface area contributed by atoms with Crippen molar-refractivity contribution in [3.05, 3.63) is 35.4 Å². The van der Waals surface area contributed by atoms with Gasteiger partial charge in [0.25, 0.3) is 0 Å². The molecular formula is C16H23F2IN2. The largest absolute Gasteiger partial charge is 0.312 e. The number of nitrogens with zero attached hydrogens (tertiary/aromatic N) is 1.